The Bertz CT molecular complexity index is 726. The first-order valence-corrected chi connectivity index (χ1v) is 11.8. The van der Waals surface area contributed by atoms with Gasteiger partial charge in [0.15, 0.2) is 5.96 Å². The zero-order valence-corrected chi connectivity index (χ0v) is 19.6. The summed E-state index contributed by atoms with van der Waals surface area (Å²) in [6.07, 6.45) is 2.68. The van der Waals surface area contributed by atoms with Crippen LogP contribution in [0.4, 0.5) is 0 Å². The molecule has 2 aliphatic heterocycles. The van der Waals surface area contributed by atoms with E-state index in [1.54, 1.807) is 0 Å². The second kappa shape index (κ2) is 11.5. The number of rotatable bonds is 7. The van der Waals surface area contributed by atoms with E-state index >= 15 is 0 Å². The Morgan fingerprint density at radius 3 is 2.48 bits per heavy atom. The van der Waals surface area contributed by atoms with Gasteiger partial charge in [-0.05, 0) is 64.4 Å². The van der Waals surface area contributed by atoms with Crippen molar-refractivity contribution in [2.24, 2.45) is 4.99 Å². The molecule has 0 spiro atoms. The van der Waals surface area contributed by atoms with E-state index in [0.717, 1.165) is 36.7 Å². The molecule has 2 fully saturated rings. The highest BCUT2D eigenvalue weighted by Crippen LogP contribution is 2.16. The number of morpholine rings is 1. The van der Waals surface area contributed by atoms with Crippen LogP contribution in [-0.4, -0.2) is 79.2 Å². The van der Waals surface area contributed by atoms with Gasteiger partial charge in [-0.25, -0.2) is 4.99 Å². The minimum Gasteiger partial charge on any atom is -0.372 e. The zero-order chi connectivity index (χ0) is 22.2. The maximum atomic E-state index is 12.8. The third-order valence-electron chi connectivity index (χ3n) is 6.08. The van der Waals surface area contributed by atoms with Gasteiger partial charge in [-0.15, -0.1) is 0 Å². The van der Waals surface area contributed by atoms with Gasteiger partial charge in [-0.1, -0.05) is 19.1 Å². The molecule has 3 atom stereocenters. The summed E-state index contributed by atoms with van der Waals surface area (Å²) in [6, 6.07) is 8.42. The number of hydrogen-bond acceptors (Lipinski definition) is 4. The molecule has 1 amide bonds. The van der Waals surface area contributed by atoms with E-state index in [-0.39, 0.29) is 18.1 Å². The summed E-state index contributed by atoms with van der Waals surface area (Å²) in [4.78, 5) is 22.0. The molecule has 0 radical (unpaired) electrons. The van der Waals surface area contributed by atoms with E-state index in [4.69, 9.17) is 9.73 Å². The van der Waals surface area contributed by atoms with Crippen LogP contribution in [0.1, 0.15) is 56.5 Å². The number of hydrogen-bond donors (Lipinski definition) is 2. The van der Waals surface area contributed by atoms with Crippen LogP contribution < -0.4 is 10.6 Å². The van der Waals surface area contributed by atoms with Gasteiger partial charge >= 0.3 is 0 Å². The van der Waals surface area contributed by atoms with Gasteiger partial charge in [0.2, 0.25) is 0 Å². The molecule has 1 aromatic carbocycles. The van der Waals surface area contributed by atoms with Crippen molar-refractivity contribution in [1.82, 2.24) is 20.4 Å². The molecule has 2 N–H and O–H groups in total. The van der Waals surface area contributed by atoms with Crippen molar-refractivity contribution < 1.29 is 9.53 Å². The van der Waals surface area contributed by atoms with E-state index in [1.165, 1.54) is 19.4 Å². The van der Waals surface area contributed by atoms with E-state index < -0.39 is 0 Å². The van der Waals surface area contributed by atoms with Gasteiger partial charge in [0.25, 0.3) is 5.91 Å². The standard InChI is InChI=1S/C24H39N5O2/c1-5-25-24(27-15-22-8-7-13-28(22)6-2)26-14-20-9-11-21(12-10-20)23(30)29-16-18(3)31-19(4)17-29/h9-12,18-19,22H,5-8,13-17H2,1-4H3,(H2,25,26,27). The van der Waals surface area contributed by atoms with Crippen LogP contribution in [0.25, 0.3) is 0 Å². The number of aliphatic imine (C=N–C) groups is 1. The van der Waals surface area contributed by atoms with Crippen LogP contribution in [0.3, 0.4) is 0 Å². The van der Waals surface area contributed by atoms with E-state index in [1.807, 2.05) is 43.0 Å². The second-order valence-corrected chi connectivity index (χ2v) is 8.67. The summed E-state index contributed by atoms with van der Waals surface area (Å²) in [5, 5.41) is 6.84. The lowest BCUT2D eigenvalue weighted by Gasteiger charge is -2.35. The lowest BCUT2D eigenvalue weighted by atomic mass is 10.1. The molecule has 7 nitrogen and oxygen atoms in total. The summed E-state index contributed by atoms with van der Waals surface area (Å²) in [6.45, 7) is 14.3. The van der Waals surface area contributed by atoms with Gasteiger partial charge in [-0.3, -0.25) is 9.69 Å². The molecule has 172 valence electrons. The predicted molar refractivity (Wildman–Crippen MR) is 125 cm³/mol. The largest absolute Gasteiger partial charge is 0.372 e. The topological polar surface area (TPSA) is 69.2 Å². The van der Waals surface area contributed by atoms with Crippen LogP contribution in [-0.2, 0) is 11.3 Å². The summed E-state index contributed by atoms with van der Waals surface area (Å²) in [5.74, 6) is 0.922. The minimum atomic E-state index is 0.0732. The Hall–Kier alpha value is -2.12. The molecular weight excluding hydrogens is 390 g/mol. The Balaban J connectivity index is 1.55. The number of ether oxygens (including phenoxy) is 1. The van der Waals surface area contributed by atoms with Crippen LogP contribution in [0.15, 0.2) is 29.3 Å². The van der Waals surface area contributed by atoms with Gasteiger partial charge < -0.3 is 20.3 Å². The van der Waals surface area contributed by atoms with Crippen molar-refractivity contribution in [1.29, 1.82) is 0 Å². The fourth-order valence-electron chi connectivity index (χ4n) is 4.55. The Morgan fingerprint density at radius 2 is 1.84 bits per heavy atom. The molecule has 31 heavy (non-hydrogen) atoms. The van der Waals surface area contributed by atoms with Gasteiger partial charge in [0.1, 0.15) is 0 Å². The number of likely N-dealkylation sites (N-methyl/N-ethyl adjacent to an activating group) is 1. The predicted octanol–water partition coefficient (Wildman–Crippen LogP) is 2.48. The minimum absolute atomic E-state index is 0.0732. The molecule has 3 unspecified atom stereocenters. The van der Waals surface area contributed by atoms with Crippen LogP contribution in [0, 0.1) is 0 Å². The number of carbonyl (C=O) groups is 1. The molecule has 3 rings (SSSR count). The quantitative estimate of drug-likeness (QED) is 0.515. The summed E-state index contributed by atoms with van der Waals surface area (Å²) in [7, 11) is 0. The summed E-state index contributed by atoms with van der Waals surface area (Å²) >= 11 is 0. The van der Waals surface area contributed by atoms with E-state index in [9.17, 15) is 4.79 Å². The second-order valence-electron chi connectivity index (χ2n) is 8.67. The first-order valence-electron chi connectivity index (χ1n) is 11.8. The van der Waals surface area contributed by atoms with Crippen LogP contribution in [0.5, 0.6) is 0 Å². The normalized spacial score (nSPS) is 25.0. The average molecular weight is 430 g/mol. The molecule has 1 aromatic rings. The summed E-state index contributed by atoms with van der Waals surface area (Å²) < 4.78 is 5.74. The third-order valence-corrected chi connectivity index (χ3v) is 6.08. The fraction of sp³-hybridized carbons (Fsp3) is 0.667. The molecule has 7 heteroatoms. The Kier molecular flexibility index (Phi) is 8.72. The number of likely N-dealkylation sites (tertiary alicyclic amines) is 1. The number of carbonyl (C=O) groups excluding carboxylic acids is 1. The van der Waals surface area contributed by atoms with Crippen LogP contribution in [0.2, 0.25) is 0 Å². The Labute approximate surface area is 187 Å². The van der Waals surface area contributed by atoms with Crippen molar-refractivity contribution in [3.8, 4) is 0 Å². The number of amides is 1. The zero-order valence-electron chi connectivity index (χ0n) is 19.6. The molecule has 0 bridgehead atoms. The first kappa shape index (κ1) is 23.5. The fourth-order valence-corrected chi connectivity index (χ4v) is 4.55. The Morgan fingerprint density at radius 1 is 1.13 bits per heavy atom. The maximum absolute atomic E-state index is 12.8. The van der Waals surface area contributed by atoms with Crippen molar-refractivity contribution in [2.75, 3.05) is 39.3 Å². The highest BCUT2D eigenvalue weighted by atomic mass is 16.5. The molecule has 0 aromatic heterocycles. The van der Waals surface area contributed by atoms with Gasteiger partial charge in [0.05, 0.1) is 18.8 Å². The summed E-state index contributed by atoms with van der Waals surface area (Å²) in [5.41, 5.74) is 1.81. The lowest BCUT2D eigenvalue weighted by Crippen LogP contribution is -2.48. The maximum Gasteiger partial charge on any atom is 0.254 e. The molecule has 2 heterocycles. The molecule has 2 saturated heterocycles. The number of benzene rings is 1. The van der Waals surface area contributed by atoms with Crippen LogP contribution >= 0.6 is 0 Å². The third kappa shape index (κ3) is 6.68. The van der Waals surface area contributed by atoms with E-state index in [2.05, 4.69) is 29.4 Å². The highest BCUT2D eigenvalue weighted by Gasteiger charge is 2.26. The van der Waals surface area contributed by atoms with Crippen molar-refractivity contribution in [3.63, 3.8) is 0 Å². The molecular formula is C24H39N5O2. The monoisotopic (exact) mass is 429 g/mol. The average Bonchev–Trinajstić information content (AvgIpc) is 3.22. The highest BCUT2D eigenvalue weighted by molar-refractivity contribution is 5.94. The van der Waals surface area contributed by atoms with Crippen molar-refractivity contribution in [3.05, 3.63) is 35.4 Å². The van der Waals surface area contributed by atoms with E-state index in [0.29, 0.717) is 25.7 Å². The SMILES string of the molecule is CCNC(=NCc1ccc(C(=O)N2CC(C)OC(C)C2)cc1)NCC1CCCN1CC. The molecule has 0 aliphatic carbocycles. The first-order chi connectivity index (χ1) is 15.0. The molecule has 0 saturated carbocycles. The smallest absolute Gasteiger partial charge is 0.254 e. The van der Waals surface area contributed by atoms with Crippen molar-refractivity contribution in [2.45, 2.75) is 65.3 Å². The van der Waals surface area contributed by atoms with Gasteiger partial charge in [0, 0.05) is 37.8 Å². The lowest BCUT2D eigenvalue weighted by molar-refractivity contribution is -0.0586. The number of nitrogens with one attached hydrogen (secondary N) is 2. The molecule has 2 aliphatic rings. The number of guanidine groups is 1. The number of nitrogens with zero attached hydrogens (tertiary/aromatic N) is 3. The van der Waals surface area contributed by atoms with Gasteiger partial charge in [-0.2, -0.15) is 0 Å². The van der Waals surface area contributed by atoms with Crippen molar-refractivity contribution >= 4 is 11.9 Å².